The average Bonchev–Trinajstić information content (AvgIpc) is 2.01. The van der Waals surface area contributed by atoms with E-state index in [4.69, 9.17) is 46.6 Å². The van der Waals surface area contributed by atoms with Gasteiger partial charge in [0, 0.05) is 0 Å². The highest BCUT2D eigenvalue weighted by Gasteiger charge is 2.04. The predicted octanol–water partition coefficient (Wildman–Crippen LogP) is 4.88. The van der Waals surface area contributed by atoms with Crippen molar-refractivity contribution < 1.29 is 0 Å². The quantitative estimate of drug-likeness (QED) is 0.496. The van der Waals surface area contributed by atoms with Gasteiger partial charge in [-0.25, -0.2) is 0 Å². The Morgan fingerprint density at radius 1 is 0.917 bits per heavy atom. The summed E-state index contributed by atoms with van der Waals surface area (Å²) >= 11 is 22.1. The van der Waals surface area contributed by atoms with E-state index < -0.39 is 0 Å². The van der Waals surface area contributed by atoms with Crippen molar-refractivity contribution in [2.75, 3.05) is 0 Å². The number of nitrogens with zero attached hydrogens (tertiary/aromatic N) is 2. The highest BCUT2D eigenvalue weighted by atomic mass is 35.5. The molecule has 0 atom stereocenters. The van der Waals surface area contributed by atoms with Gasteiger partial charge in [0.05, 0.1) is 26.8 Å². The highest BCUT2D eigenvalue weighted by Crippen LogP contribution is 2.34. The molecule has 0 aliphatic carbocycles. The van der Waals surface area contributed by atoms with Crippen molar-refractivity contribution in [2.24, 2.45) is 9.75 Å². The molecule has 0 heterocycles. The van der Waals surface area contributed by atoms with Crippen molar-refractivity contribution in [2.45, 2.75) is 0 Å². The standard InChI is InChI=1S/C6H2Cl4N2/c7-3-1-5(9)6(11-12-10)2-4(3)8/h1-2H. The van der Waals surface area contributed by atoms with Gasteiger partial charge >= 0.3 is 0 Å². The van der Waals surface area contributed by atoms with E-state index >= 15 is 0 Å². The fourth-order valence-corrected chi connectivity index (χ4v) is 1.29. The number of benzene rings is 1. The zero-order valence-corrected chi connectivity index (χ0v) is 8.58. The van der Waals surface area contributed by atoms with E-state index in [1.807, 2.05) is 0 Å². The first-order valence-electron chi connectivity index (χ1n) is 2.81. The lowest BCUT2D eigenvalue weighted by molar-refractivity contribution is 1.33. The topological polar surface area (TPSA) is 24.7 Å². The average molecular weight is 244 g/mol. The van der Waals surface area contributed by atoms with Crippen LogP contribution in [0.4, 0.5) is 5.69 Å². The van der Waals surface area contributed by atoms with Crippen LogP contribution in [-0.2, 0) is 0 Å². The molecule has 0 unspecified atom stereocenters. The van der Waals surface area contributed by atoms with Crippen LogP contribution in [-0.4, -0.2) is 0 Å². The molecule has 1 aromatic carbocycles. The molecule has 0 aliphatic rings. The van der Waals surface area contributed by atoms with Gasteiger partial charge < -0.3 is 0 Å². The molecule has 0 radical (unpaired) electrons. The van der Waals surface area contributed by atoms with Crippen LogP contribution in [0.2, 0.25) is 15.1 Å². The molecular weight excluding hydrogens is 242 g/mol. The minimum atomic E-state index is 0.355. The summed E-state index contributed by atoms with van der Waals surface area (Å²) in [5, 5.41) is 4.61. The van der Waals surface area contributed by atoms with Crippen LogP contribution in [0, 0.1) is 0 Å². The van der Waals surface area contributed by atoms with E-state index in [1.54, 1.807) is 0 Å². The Balaban J connectivity index is 3.23. The van der Waals surface area contributed by atoms with Gasteiger partial charge in [0.25, 0.3) is 0 Å². The van der Waals surface area contributed by atoms with Crippen LogP contribution in [0.1, 0.15) is 0 Å². The molecule has 0 aromatic heterocycles. The summed E-state index contributed by atoms with van der Waals surface area (Å²) < 4.78 is 3.05. The van der Waals surface area contributed by atoms with E-state index in [9.17, 15) is 0 Å². The number of rotatable bonds is 1. The minimum absolute atomic E-state index is 0.355. The van der Waals surface area contributed by atoms with Gasteiger partial charge in [-0.15, -0.1) is 5.11 Å². The lowest BCUT2D eigenvalue weighted by atomic mass is 10.3. The number of hydrogen-bond donors (Lipinski definition) is 0. The Kier molecular flexibility index (Phi) is 3.59. The third-order valence-corrected chi connectivity index (χ3v) is 2.24. The van der Waals surface area contributed by atoms with E-state index in [0.29, 0.717) is 20.8 Å². The molecule has 1 rings (SSSR count). The zero-order valence-electron chi connectivity index (χ0n) is 5.56. The van der Waals surface area contributed by atoms with Crippen LogP contribution < -0.4 is 0 Å². The van der Waals surface area contributed by atoms with Crippen molar-refractivity contribution in [3.63, 3.8) is 0 Å². The van der Waals surface area contributed by atoms with Gasteiger partial charge in [0.15, 0.2) is 0 Å². The lowest BCUT2D eigenvalue weighted by Crippen LogP contribution is -1.71. The third-order valence-electron chi connectivity index (χ3n) is 1.14. The second kappa shape index (κ2) is 4.28. The monoisotopic (exact) mass is 242 g/mol. The largest absolute Gasteiger partial charge is 0.136 e. The van der Waals surface area contributed by atoms with E-state index in [1.165, 1.54) is 12.1 Å². The number of hydrogen-bond acceptors (Lipinski definition) is 2. The number of halogens is 4. The maximum atomic E-state index is 5.72. The molecule has 0 N–H and O–H groups in total. The summed E-state index contributed by atoms with van der Waals surface area (Å²) in [6.07, 6.45) is 0. The lowest BCUT2D eigenvalue weighted by Gasteiger charge is -1.98. The van der Waals surface area contributed by atoms with Gasteiger partial charge in [-0.2, -0.15) is 0 Å². The van der Waals surface area contributed by atoms with Crippen LogP contribution in [0.5, 0.6) is 0 Å². The van der Waals surface area contributed by atoms with Crippen molar-refractivity contribution in [3.8, 4) is 0 Å². The summed E-state index contributed by atoms with van der Waals surface area (Å²) in [7, 11) is 0. The van der Waals surface area contributed by atoms with Crippen LogP contribution in [0.15, 0.2) is 21.9 Å². The molecular formula is C6H2Cl4N2. The molecule has 0 aliphatic heterocycles. The Morgan fingerprint density at radius 3 is 2.08 bits per heavy atom. The zero-order chi connectivity index (χ0) is 9.14. The third kappa shape index (κ3) is 2.23. The fourth-order valence-electron chi connectivity index (χ4n) is 0.629. The Bertz CT molecular complexity index is 324. The Hall–Kier alpha value is -0.0200. The maximum absolute atomic E-state index is 5.72. The van der Waals surface area contributed by atoms with Crippen molar-refractivity contribution in [1.29, 1.82) is 0 Å². The first-order chi connectivity index (χ1) is 5.65. The van der Waals surface area contributed by atoms with Crippen molar-refractivity contribution >= 4 is 52.3 Å². The van der Waals surface area contributed by atoms with E-state index in [-0.39, 0.29) is 0 Å². The SMILES string of the molecule is ClN=Nc1cc(Cl)c(Cl)cc1Cl. The fraction of sp³-hybridized carbons (Fsp3) is 0. The van der Waals surface area contributed by atoms with Gasteiger partial charge in [-0.3, -0.25) is 0 Å². The van der Waals surface area contributed by atoms with Crippen LogP contribution in [0.3, 0.4) is 0 Å². The van der Waals surface area contributed by atoms with Crippen LogP contribution >= 0.6 is 46.6 Å². The summed E-state index contributed by atoms with van der Waals surface area (Å²) in [6.45, 7) is 0. The molecule has 64 valence electrons. The van der Waals surface area contributed by atoms with Crippen molar-refractivity contribution in [3.05, 3.63) is 27.2 Å². The summed E-state index contributed by atoms with van der Waals surface area (Å²) in [4.78, 5) is 0. The summed E-state index contributed by atoms with van der Waals surface area (Å²) in [6, 6.07) is 2.96. The molecule has 2 nitrogen and oxygen atoms in total. The molecule has 12 heavy (non-hydrogen) atoms. The first-order valence-corrected chi connectivity index (χ1v) is 4.29. The van der Waals surface area contributed by atoms with Gasteiger partial charge in [0.2, 0.25) is 0 Å². The minimum Gasteiger partial charge on any atom is -0.136 e. The maximum Gasteiger partial charge on any atom is 0.107 e. The molecule has 0 bridgehead atoms. The smallest absolute Gasteiger partial charge is 0.107 e. The predicted molar refractivity (Wildman–Crippen MR) is 51.8 cm³/mol. The van der Waals surface area contributed by atoms with Crippen molar-refractivity contribution in [1.82, 2.24) is 0 Å². The van der Waals surface area contributed by atoms with Gasteiger partial charge in [-0.1, -0.05) is 39.4 Å². The molecule has 0 amide bonds. The summed E-state index contributed by atoms with van der Waals surface area (Å²) in [5.74, 6) is 0. The molecule has 0 spiro atoms. The molecule has 1 aromatic rings. The molecule has 0 saturated heterocycles. The Labute approximate surface area is 89.2 Å². The van der Waals surface area contributed by atoms with E-state index in [0.717, 1.165) is 0 Å². The second-order valence-electron chi connectivity index (χ2n) is 1.89. The molecule has 6 heteroatoms. The molecule has 0 saturated carbocycles. The van der Waals surface area contributed by atoms with Gasteiger partial charge in [0.1, 0.15) is 5.69 Å². The normalized spacial score (nSPS) is 11.0. The summed E-state index contributed by atoms with van der Waals surface area (Å²) in [5.41, 5.74) is 0.390. The highest BCUT2D eigenvalue weighted by molar-refractivity contribution is 6.43. The van der Waals surface area contributed by atoms with E-state index in [2.05, 4.69) is 9.75 Å². The molecule has 0 fully saturated rings. The second-order valence-corrected chi connectivity index (χ2v) is 3.27. The van der Waals surface area contributed by atoms with Gasteiger partial charge in [-0.05, 0) is 12.1 Å². The first kappa shape index (κ1) is 10.1. The Morgan fingerprint density at radius 2 is 1.50 bits per heavy atom. The van der Waals surface area contributed by atoms with Crippen LogP contribution in [0.25, 0.3) is 0 Å².